The van der Waals surface area contributed by atoms with Crippen molar-refractivity contribution in [3.8, 4) is 5.75 Å². The summed E-state index contributed by atoms with van der Waals surface area (Å²) in [4.78, 5) is 18.2. The van der Waals surface area contributed by atoms with Crippen LogP contribution in [-0.4, -0.2) is 29.4 Å². The molecule has 0 fully saturated rings. The van der Waals surface area contributed by atoms with Gasteiger partial charge in [0.25, 0.3) is 5.91 Å². The summed E-state index contributed by atoms with van der Waals surface area (Å²) >= 11 is 0. The molecule has 1 aromatic heterocycles. The maximum atomic E-state index is 12.4. The Kier molecular flexibility index (Phi) is 3.37. The SMILES string of the molecule is COc1ccc2c(c1)CN(C(=O)c1ccncc1)CC2. The summed E-state index contributed by atoms with van der Waals surface area (Å²) in [5.41, 5.74) is 3.15. The van der Waals surface area contributed by atoms with Crippen LogP contribution in [0.1, 0.15) is 21.5 Å². The van der Waals surface area contributed by atoms with Gasteiger partial charge in [-0.1, -0.05) is 6.07 Å². The number of amides is 1. The van der Waals surface area contributed by atoms with E-state index in [9.17, 15) is 4.79 Å². The zero-order valence-electron chi connectivity index (χ0n) is 11.4. The van der Waals surface area contributed by atoms with Crippen LogP contribution in [0.25, 0.3) is 0 Å². The highest BCUT2D eigenvalue weighted by molar-refractivity contribution is 5.94. The highest BCUT2D eigenvalue weighted by Gasteiger charge is 2.21. The lowest BCUT2D eigenvalue weighted by Gasteiger charge is -2.29. The van der Waals surface area contributed by atoms with Gasteiger partial charge < -0.3 is 9.64 Å². The quantitative estimate of drug-likeness (QED) is 0.839. The fourth-order valence-electron chi connectivity index (χ4n) is 2.51. The van der Waals surface area contributed by atoms with Crippen LogP contribution >= 0.6 is 0 Å². The van der Waals surface area contributed by atoms with Crippen LogP contribution in [0.4, 0.5) is 0 Å². The predicted molar refractivity (Wildman–Crippen MR) is 75.7 cm³/mol. The molecule has 0 saturated carbocycles. The second kappa shape index (κ2) is 5.33. The molecule has 1 aliphatic heterocycles. The number of nitrogens with zero attached hydrogens (tertiary/aromatic N) is 2. The maximum Gasteiger partial charge on any atom is 0.254 e. The second-order valence-corrected chi connectivity index (χ2v) is 4.85. The first-order valence-corrected chi connectivity index (χ1v) is 6.63. The van der Waals surface area contributed by atoms with Crippen molar-refractivity contribution in [2.75, 3.05) is 13.7 Å². The van der Waals surface area contributed by atoms with Crippen LogP contribution in [0, 0.1) is 0 Å². The molecule has 4 nitrogen and oxygen atoms in total. The molecule has 1 aromatic carbocycles. The molecule has 0 spiro atoms. The molecule has 0 radical (unpaired) electrons. The topological polar surface area (TPSA) is 42.4 Å². The number of fused-ring (bicyclic) bond motifs is 1. The minimum atomic E-state index is 0.0564. The first-order chi connectivity index (χ1) is 9.78. The van der Waals surface area contributed by atoms with Crippen molar-refractivity contribution in [1.29, 1.82) is 0 Å². The molecule has 2 heterocycles. The molecule has 0 unspecified atom stereocenters. The summed E-state index contributed by atoms with van der Waals surface area (Å²) in [5.74, 6) is 0.892. The molecule has 102 valence electrons. The Morgan fingerprint density at radius 2 is 2.00 bits per heavy atom. The van der Waals surface area contributed by atoms with Crippen LogP contribution in [-0.2, 0) is 13.0 Å². The van der Waals surface area contributed by atoms with Crippen LogP contribution in [0.15, 0.2) is 42.7 Å². The Morgan fingerprint density at radius 1 is 1.20 bits per heavy atom. The number of rotatable bonds is 2. The molecular formula is C16H16N2O2. The van der Waals surface area contributed by atoms with E-state index in [1.807, 2.05) is 17.0 Å². The van der Waals surface area contributed by atoms with E-state index in [0.717, 1.165) is 24.3 Å². The van der Waals surface area contributed by atoms with Crippen molar-refractivity contribution in [2.24, 2.45) is 0 Å². The normalized spacial score (nSPS) is 13.8. The predicted octanol–water partition coefficient (Wildman–Crippen LogP) is 2.29. The van der Waals surface area contributed by atoms with Crippen molar-refractivity contribution < 1.29 is 9.53 Å². The summed E-state index contributed by atoms with van der Waals surface area (Å²) in [7, 11) is 1.66. The molecule has 0 atom stereocenters. The van der Waals surface area contributed by atoms with Crippen LogP contribution in [0.3, 0.4) is 0 Å². The average molecular weight is 268 g/mol. The summed E-state index contributed by atoms with van der Waals surface area (Å²) in [6.45, 7) is 1.38. The molecule has 3 rings (SSSR count). The smallest absolute Gasteiger partial charge is 0.254 e. The molecule has 0 N–H and O–H groups in total. The number of benzene rings is 1. The van der Waals surface area contributed by atoms with Gasteiger partial charge in [-0.15, -0.1) is 0 Å². The summed E-state index contributed by atoms with van der Waals surface area (Å²) < 4.78 is 5.25. The third kappa shape index (κ3) is 2.37. The van der Waals surface area contributed by atoms with E-state index in [2.05, 4.69) is 11.1 Å². The highest BCUT2D eigenvalue weighted by atomic mass is 16.5. The standard InChI is InChI=1S/C16H16N2O2/c1-20-15-3-2-12-6-9-18(11-14(12)10-15)16(19)13-4-7-17-8-5-13/h2-5,7-8,10H,6,9,11H2,1H3. The Morgan fingerprint density at radius 3 is 2.75 bits per heavy atom. The van der Waals surface area contributed by atoms with Gasteiger partial charge in [0.05, 0.1) is 7.11 Å². The van der Waals surface area contributed by atoms with Gasteiger partial charge in [0.1, 0.15) is 5.75 Å². The zero-order valence-corrected chi connectivity index (χ0v) is 11.4. The second-order valence-electron chi connectivity index (χ2n) is 4.85. The Bertz CT molecular complexity index is 626. The minimum absolute atomic E-state index is 0.0564. The molecule has 0 saturated heterocycles. The molecular weight excluding hydrogens is 252 g/mol. The van der Waals surface area contributed by atoms with Gasteiger partial charge in [0.15, 0.2) is 0 Å². The van der Waals surface area contributed by atoms with Crippen molar-refractivity contribution in [3.05, 3.63) is 59.4 Å². The lowest BCUT2D eigenvalue weighted by molar-refractivity contribution is 0.0734. The first-order valence-electron chi connectivity index (χ1n) is 6.63. The van der Waals surface area contributed by atoms with E-state index in [1.165, 1.54) is 5.56 Å². The van der Waals surface area contributed by atoms with Crippen molar-refractivity contribution in [2.45, 2.75) is 13.0 Å². The lowest BCUT2D eigenvalue weighted by atomic mass is 9.99. The van der Waals surface area contributed by atoms with Crippen molar-refractivity contribution >= 4 is 5.91 Å². The summed E-state index contributed by atoms with van der Waals surface area (Å²) in [5, 5.41) is 0. The molecule has 0 aliphatic carbocycles. The third-order valence-corrected chi connectivity index (χ3v) is 3.64. The maximum absolute atomic E-state index is 12.4. The van der Waals surface area contributed by atoms with Gasteiger partial charge in [-0.2, -0.15) is 0 Å². The Labute approximate surface area is 118 Å². The van der Waals surface area contributed by atoms with E-state index >= 15 is 0 Å². The number of pyridine rings is 1. The van der Waals surface area contributed by atoms with Gasteiger partial charge in [0.2, 0.25) is 0 Å². The Balaban J connectivity index is 1.83. The number of ether oxygens (including phenoxy) is 1. The van der Waals surface area contributed by atoms with Gasteiger partial charge >= 0.3 is 0 Å². The van der Waals surface area contributed by atoms with E-state index in [4.69, 9.17) is 4.74 Å². The fourth-order valence-corrected chi connectivity index (χ4v) is 2.51. The molecule has 2 aromatic rings. The average Bonchev–Trinajstić information content (AvgIpc) is 2.54. The number of carbonyl (C=O) groups is 1. The number of aromatic nitrogens is 1. The minimum Gasteiger partial charge on any atom is -0.497 e. The van der Waals surface area contributed by atoms with Crippen LogP contribution < -0.4 is 4.74 Å². The van der Waals surface area contributed by atoms with Crippen LogP contribution in [0.2, 0.25) is 0 Å². The van der Waals surface area contributed by atoms with E-state index < -0.39 is 0 Å². The monoisotopic (exact) mass is 268 g/mol. The molecule has 4 heteroatoms. The summed E-state index contributed by atoms with van der Waals surface area (Å²) in [6, 6.07) is 9.58. The van der Waals surface area contributed by atoms with Gasteiger partial charge in [-0.3, -0.25) is 9.78 Å². The third-order valence-electron chi connectivity index (χ3n) is 3.64. The van der Waals surface area contributed by atoms with E-state index in [1.54, 1.807) is 31.6 Å². The first kappa shape index (κ1) is 12.7. The summed E-state index contributed by atoms with van der Waals surface area (Å²) in [6.07, 6.45) is 4.18. The van der Waals surface area contributed by atoms with Crippen molar-refractivity contribution in [1.82, 2.24) is 9.88 Å². The Hall–Kier alpha value is -2.36. The molecule has 0 bridgehead atoms. The number of methoxy groups -OCH3 is 1. The lowest BCUT2D eigenvalue weighted by Crippen LogP contribution is -2.35. The number of hydrogen-bond donors (Lipinski definition) is 0. The van der Waals surface area contributed by atoms with E-state index in [0.29, 0.717) is 12.1 Å². The van der Waals surface area contributed by atoms with E-state index in [-0.39, 0.29) is 5.91 Å². The zero-order chi connectivity index (χ0) is 13.9. The van der Waals surface area contributed by atoms with Gasteiger partial charge in [0, 0.05) is 31.0 Å². The molecule has 1 amide bonds. The van der Waals surface area contributed by atoms with Crippen molar-refractivity contribution in [3.63, 3.8) is 0 Å². The largest absolute Gasteiger partial charge is 0.497 e. The fraction of sp³-hybridized carbons (Fsp3) is 0.250. The highest BCUT2D eigenvalue weighted by Crippen LogP contribution is 2.24. The van der Waals surface area contributed by atoms with Gasteiger partial charge in [-0.05, 0) is 41.8 Å². The molecule has 1 aliphatic rings. The van der Waals surface area contributed by atoms with Crippen LogP contribution in [0.5, 0.6) is 5.75 Å². The number of carbonyl (C=O) groups excluding carboxylic acids is 1. The van der Waals surface area contributed by atoms with Gasteiger partial charge in [-0.25, -0.2) is 0 Å². The number of hydrogen-bond acceptors (Lipinski definition) is 3. The molecule has 20 heavy (non-hydrogen) atoms.